The second-order valence-corrected chi connectivity index (χ2v) is 5.00. The number of halogens is 2. The molecule has 1 nitrogen and oxygen atoms in total. The molecule has 0 saturated carbocycles. The lowest BCUT2D eigenvalue weighted by molar-refractivity contribution is 0.412. The van der Waals surface area contributed by atoms with Gasteiger partial charge in [0, 0.05) is 17.5 Å². The van der Waals surface area contributed by atoms with E-state index in [0.29, 0.717) is 16.9 Å². The third-order valence-corrected chi connectivity index (χ3v) is 3.54. The zero-order valence-electron chi connectivity index (χ0n) is 10.8. The Balaban J connectivity index is 2.96. The molecule has 0 heterocycles. The van der Waals surface area contributed by atoms with Gasteiger partial charge >= 0.3 is 0 Å². The molecule has 0 fully saturated rings. The van der Waals surface area contributed by atoms with Gasteiger partial charge in [0.25, 0.3) is 0 Å². The molecular formula is C14H21ClFN. The van der Waals surface area contributed by atoms with Crippen LogP contribution in [-0.2, 0) is 0 Å². The van der Waals surface area contributed by atoms with Crippen LogP contribution in [0.25, 0.3) is 0 Å². The van der Waals surface area contributed by atoms with Crippen LogP contribution in [0.3, 0.4) is 0 Å². The molecule has 0 aliphatic carbocycles. The second kappa shape index (κ2) is 6.97. The number of nitrogens with one attached hydrogen (secondary N) is 1. The smallest absolute Gasteiger partial charge is 0.124 e. The van der Waals surface area contributed by atoms with Crippen LogP contribution in [0.15, 0.2) is 18.2 Å². The van der Waals surface area contributed by atoms with E-state index in [0.717, 1.165) is 24.9 Å². The van der Waals surface area contributed by atoms with Gasteiger partial charge in [-0.3, -0.25) is 0 Å². The number of rotatable bonds is 6. The fourth-order valence-corrected chi connectivity index (χ4v) is 2.60. The highest BCUT2D eigenvalue weighted by atomic mass is 35.5. The highest BCUT2D eigenvalue weighted by molar-refractivity contribution is 6.31. The van der Waals surface area contributed by atoms with Crippen molar-refractivity contribution < 1.29 is 4.39 Å². The maximum absolute atomic E-state index is 13.0. The van der Waals surface area contributed by atoms with Gasteiger partial charge in [0.15, 0.2) is 0 Å². The Hall–Kier alpha value is -0.600. The Bertz CT molecular complexity index is 354. The fourth-order valence-electron chi connectivity index (χ4n) is 2.30. The van der Waals surface area contributed by atoms with E-state index in [2.05, 4.69) is 19.2 Å². The summed E-state index contributed by atoms with van der Waals surface area (Å²) >= 11 is 6.14. The summed E-state index contributed by atoms with van der Waals surface area (Å²) in [7, 11) is 1.93. The topological polar surface area (TPSA) is 12.0 Å². The Labute approximate surface area is 108 Å². The Morgan fingerprint density at radius 3 is 2.65 bits per heavy atom. The van der Waals surface area contributed by atoms with Crippen molar-refractivity contribution in [2.45, 2.75) is 32.6 Å². The summed E-state index contributed by atoms with van der Waals surface area (Å²) in [5.41, 5.74) is 1.04. The van der Waals surface area contributed by atoms with Crippen molar-refractivity contribution in [3.63, 3.8) is 0 Å². The van der Waals surface area contributed by atoms with Crippen molar-refractivity contribution in [1.29, 1.82) is 0 Å². The summed E-state index contributed by atoms with van der Waals surface area (Å²) in [6.07, 6.45) is 2.31. The van der Waals surface area contributed by atoms with Crippen molar-refractivity contribution in [2.75, 3.05) is 13.6 Å². The summed E-state index contributed by atoms with van der Waals surface area (Å²) in [5.74, 6) is 0.605. The summed E-state index contributed by atoms with van der Waals surface area (Å²) < 4.78 is 13.0. The van der Waals surface area contributed by atoms with Gasteiger partial charge in [-0.15, -0.1) is 0 Å². The molecular weight excluding hydrogens is 237 g/mol. The van der Waals surface area contributed by atoms with E-state index in [4.69, 9.17) is 11.6 Å². The van der Waals surface area contributed by atoms with E-state index in [9.17, 15) is 4.39 Å². The highest BCUT2D eigenvalue weighted by Gasteiger charge is 2.20. The monoisotopic (exact) mass is 257 g/mol. The molecule has 0 amide bonds. The molecule has 3 heteroatoms. The third-order valence-electron chi connectivity index (χ3n) is 3.22. The van der Waals surface area contributed by atoms with Gasteiger partial charge < -0.3 is 5.32 Å². The molecule has 1 rings (SSSR count). The maximum Gasteiger partial charge on any atom is 0.124 e. The molecule has 2 atom stereocenters. The number of benzene rings is 1. The van der Waals surface area contributed by atoms with Crippen LogP contribution < -0.4 is 5.32 Å². The first kappa shape index (κ1) is 14.5. The molecule has 0 saturated heterocycles. The van der Waals surface area contributed by atoms with E-state index in [1.54, 1.807) is 0 Å². The zero-order chi connectivity index (χ0) is 12.8. The van der Waals surface area contributed by atoms with Gasteiger partial charge in [0.05, 0.1) is 0 Å². The molecule has 1 N–H and O–H groups in total. The predicted molar refractivity (Wildman–Crippen MR) is 72.1 cm³/mol. The second-order valence-electron chi connectivity index (χ2n) is 4.60. The number of hydrogen-bond acceptors (Lipinski definition) is 1. The third kappa shape index (κ3) is 3.97. The lowest BCUT2D eigenvalue weighted by Gasteiger charge is -2.25. The Morgan fingerprint density at radius 1 is 1.41 bits per heavy atom. The minimum Gasteiger partial charge on any atom is -0.319 e. The van der Waals surface area contributed by atoms with Gasteiger partial charge in [-0.2, -0.15) is 0 Å². The molecule has 0 aromatic heterocycles. The van der Waals surface area contributed by atoms with Crippen molar-refractivity contribution in [2.24, 2.45) is 5.92 Å². The molecule has 17 heavy (non-hydrogen) atoms. The first-order valence-corrected chi connectivity index (χ1v) is 6.57. The van der Waals surface area contributed by atoms with Crippen molar-refractivity contribution in [3.05, 3.63) is 34.6 Å². The first-order chi connectivity index (χ1) is 8.10. The summed E-state index contributed by atoms with van der Waals surface area (Å²) in [6.45, 7) is 5.27. The standard InChI is InChI=1S/C14H21ClFN/c1-4-5-10(2)13(9-17-3)12-7-6-11(16)8-14(12)15/h6-8,10,13,17H,4-5,9H2,1-3H3. The molecule has 1 aromatic carbocycles. The van der Waals surface area contributed by atoms with Crippen molar-refractivity contribution >= 4 is 11.6 Å². The predicted octanol–water partition coefficient (Wildman–Crippen LogP) is 4.22. The van der Waals surface area contributed by atoms with Crippen LogP contribution in [0.4, 0.5) is 4.39 Å². The van der Waals surface area contributed by atoms with Crippen molar-refractivity contribution in [3.8, 4) is 0 Å². The summed E-state index contributed by atoms with van der Waals surface area (Å²) in [6, 6.07) is 4.70. The van der Waals surface area contributed by atoms with Gasteiger partial charge in [-0.05, 0) is 30.7 Å². The van der Waals surface area contributed by atoms with E-state index in [1.807, 2.05) is 13.1 Å². The van der Waals surface area contributed by atoms with Crippen LogP contribution in [0.5, 0.6) is 0 Å². The average Bonchev–Trinajstić information content (AvgIpc) is 2.27. The molecule has 0 aliphatic heterocycles. The summed E-state index contributed by atoms with van der Waals surface area (Å²) in [5, 5.41) is 3.73. The van der Waals surface area contributed by atoms with Crippen molar-refractivity contribution in [1.82, 2.24) is 5.32 Å². The van der Waals surface area contributed by atoms with E-state index < -0.39 is 0 Å². The zero-order valence-corrected chi connectivity index (χ0v) is 11.5. The van der Waals surface area contributed by atoms with E-state index >= 15 is 0 Å². The molecule has 96 valence electrons. The SMILES string of the molecule is CCCC(C)C(CNC)c1ccc(F)cc1Cl. The fraction of sp³-hybridized carbons (Fsp3) is 0.571. The lowest BCUT2D eigenvalue weighted by atomic mass is 9.84. The molecule has 1 aromatic rings. The molecule has 0 bridgehead atoms. The molecule has 2 unspecified atom stereocenters. The number of hydrogen-bond donors (Lipinski definition) is 1. The van der Waals surface area contributed by atoms with Gasteiger partial charge in [-0.1, -0.05) is 44.4 Å². The molecule has 0 spiro atoms. The lowest BCUT2D eigenvalue weighted by Crippen LogP contribution is -2.23. The minimum absolute atomic E-state index is 0.273. The Kier molecular flexibility index (Phi) is 5.93. The highest BCUT2D eigenvalue weighted by Crippen LogP contribution is 2.32. The largest absolute Gasteiger partial charge is 0.319 e. The van der Waals surface area contributed by atoms with Gasteiger partial charge in [0.2, 0.25) is 0 Å². The van der Waals surface area contributed by atoms with Crippen LogP contribution >= 0.6 is 11.6 Å². The molecule has 0 aliphatic rings. The van der Waals surface area contributed by atoms with Crippen LogP contribution in [0.2, 0.25) is 5.02 Å². The average molecular weight is 258 g/mol. The van der Waals surface area contributed by atoms with E-state index in [1.165, 1.54) is 12.1 Å². The van der Waals surface area contributed by atoms with Gasteiger partial charge in [-0.25, -0.2) is 4.39 Å². The number of likely N-dealkylation sites (N-methyl/N-ethyl adjacent to an activating group) is 1. The minimum atomic E-state index is -0.273. The first-order valence-electron chi connectivity index (χ1n) is 6.19. The van der Waals surface area contributed by atoms with Crippen LogP contribution in [0, 0.1) is 11.7 Å². The van der Waals surface area contributed by atoms with E-state index in [-0.39, 0.29) is 5.82 Å². The van der Waals surface area contributed by atoms with Crippen LogP contribution in [-0.4, -0.2) is 13.6 Å². The van der Waals surface area contributed by atoms with Gasteiger partial charge in [0.1, 0.15) is 5.82 Å². The normalized spacial score (nSPS) is 14.6. The Morgan fingerprint density at radius 2 is 2.12 bits per heavy atom. The van der Waals surface area contributed by atoms with Crippen LogP contribution in [0.1, 0.15) is 38.2 Å². The maximum atomic E-state index is 13.0. The summed E-state index contributed by atoms with van der Waals surface area (Å²) in [4.78, 5) is 0. The molecule has 0 radical (unpaired) electrons. The quantitative estimate of drug-likeness (QED) is 0.805.